The molecule has 0 atom stereocenters. The molecule has 0 unspecified atom stereocenters. The zero-order valence-corrected chi connectivity index (χ0v) is 13.5. The second-order valence-electron chi connectivity index (χ2n) is 5.62. The maximum absolute atomic E-state index is 12.3. The molecule has 0 aliphatic heterocycles. The smallest absolute Gasteiger partial charge is 0.273 e. The summed E-state index contributed by atoms with van der Waals surface area (Å²) in [5.74, 6) is -0.215. The van der Waals surface area contributed by atoms with Crippen molar-refractivity contribution in [1.29, 1.82) is 0 Å². The van der Waals surface area contributed by atoms with Crippen molar-refractivity contribution in [3.05, 3.63) is 72.7 Å². The molecular weight excluding hydrogens is 314 g/mol. The number of nitrogens with one attached hydrogen (secondary N) is 1. The van der Waals surface area contributed by atoms with E-state index >= 15 is 0 Å². The van der Waals surface area contributed by atoms with Crippen LogP contribution in [0.5, 0.6) is 0 Å². The van der Waals surface area contributed by atoms with Gasteiger partial charge in [-0.1, -0.05) is 30.3 Å². The molecule has 6 nitrogen and oxygen atoms in total. The first-order valence-corrected chi connectivity index (χ1v) is 7.82. The highest BCUT2D eigenvalue weighted by molar-refractivity contribution is 6.03. The molecule has 2 aromatic heterocycles. The fraction of sp³-hybridized carbons (Fsp3) is 0.0526. The van der Waals surface area contributed by atoms with E-state index in [9.17, 15) is 4.79 Å². The molecule has 0 saturated carbocycles. The zero-order chi connectivity index (χ0) is 17.2. The second kappa shape index (κ2) is 6.16. The number of fused-ring (bicyclic) bond motifs is 1. The number of aromatic nitrogens is 4. The van der Waals surface area contributed by atoms with Crippen molar-refractivity contribution in [2.24, 2.45) is 7.05 Å². The minimum absolute atomic E-state index is 0.215. The molecule has 0 aliphatic carbocycles. The first-order valence-electron chi connectivity index (χ1n) is 7.82. The summed E-state index contributed by atoms with van der Waals surface area (Å²) in [6.45, 7) is 0. The van der Waals surface area contributed by atoms with E-state index in [-0.39, 0.29) is 5.91 Å². The van der Waals surface area contributed by atoms with E-state index in [2.05, 4.69) is 20.4 Å². The number of carbonyl (C=O) groups excluding carboxylic acids is 1. The van der Waals surface area contributed by atoms with Crippen molar-refractivity contribution < 1.29 is 4.79 Å². The van der Waals surface area contributed by atoms with Crippen molar-refractivity contribution in [3.8, 4) is 11.3 Å². The summed E-state index contributed by atoms with van der Waals surface area (Å²) >= 11 is 0. The average Bonchev–Trinajstić information content (AvgIpc) is 3.08. The molecule has 0 aliphatic rings. The normalized spacial score (nSPS) is 10.8. The Hall–Kier alpha value is -3.54. The minimum atomic E-state index is -0.215. The molecule has 0 spiro atoms. The molecule has 0 saturated heterocycles. The van der Waals surface area contributed by atoms with Gasteiger partial charge in [-0.3, -0.25) is 14.5 Å². The fourth-order valence-corrected chi connectivity index (χ4v) is 2.63. The third-order valence-electron chi connectivity index (χ3n) is 3.92. The van der Waals surface area contributed by atoms with Crippen LogP contribution in [0.1, 0.15) is 10.5 Å². The van der Waals surface area contributed by atoms with Crippen LogP contribution >= 0.6 is 0 Å². The van der Waals surface area contributed by atoms with Gasteiger partial charge >= 0.3 is 0 Å². The van der Waals surface area contributed by atoms with Crippen LogP contribution in [-0.2, 0) is 7.05 Å². The van der Waals surface area contributed by atoms with Crippen LogP contribution in [-0.4, -0.2) is 25.7 Å². The standard InChI is InChI=1S/C19H15N5O/c1-24-18(9-10-21-24)19(25)22-14-7-8-15-16(11-14)20-12-17(23-15)13-5-3-2-4-6-13/h2-12H,1H3,(H,22,25). The molecule has 122 valence electrons. The van der Waals surface area contributed by atoms with E-state index in [0.717, 1.165) is 22.3 Å². The number of hydrogen-bond acceptors (Lipinski definition) is 4. The molecule has 4 rings (SSSR count). The fourth-order valence-electron chi connectivity index (χ4n) is 2.63. The number of aryl methyl sites for hydroxylation is 1. The molecule has 25 heavy (non-hydrogen) atoms. The number of hydrogen-bond donors (Lipinski definition) is 1. The van der Waals surface area contributed by atoms with Crippen LogP contribution in [0.25, 0.3) is 22.3 Å². The van der Waals surface area contributed by atoms with Gasteiger partial charge < -0.3 is 5.32 Å². The van der Waals surface area contributed by atoms with Crippen LogP contribution in [0.3, 0.4) is 0 Å². The number of nitrogens with zero attached hydrogens (tertiary/aromatic N) is 4. The summed E-state index contributed by atoms with van der Waals surface area (Å²) in [7, 11) is 1.73. The number of benzene rings is 2. The van der Waals surface area contributed by atoms with E-state index in [0.29, 0.717) is 11.4 Å². The van der Waals surface area contributed by atoms with Crippen LogP contribution in [0.4, 0.5) is 5.69 Å². The van der Waals surface area contributed by atoms with Gasteiger partial charge in [0.05, 0.1) is 22.9 Å². The summed E-state index contributed by atoms with van der Waals surface area (Å²) in [5.41, 5.74) is 4.50. The van der Waals surface area contributed by atoms with Crippen LogP contribution in [0, 0.1) is 0 Å². The third kappa shape index (κ3) is 2.97. The Labute approximate surface area is 144 Å². The maximum atomic E-state index is 12.3. The second-order valence-corrected chi connectivity index (χ2v) is 5.62. The Morgan fingerprint density at radius 1 is 1.04 bits per heavy atom. The highest BCUT2D eigenvalue weighted by Gasteiger charge is 2.11. The summed E-state index contributed by atoms with van der Waals surface area (Å²) in [5, 5.41) is 6.86. The quantitative estimate of drug-likeness (QED) is 0.626. The highest BCUT2D eigenvalue weighted by Crippen LogP contribution is 2.21. The van der Waals surface area contributed by atoms with E-state index in [1.54, 1.807) is 25.5 Å². The lowest BCUT2D eigenvalue weighted by molar-refractivity contribution is 0.101. The van der Waals surface area contributed by atoms with Crippen molar-refractivity contribution in [1.82, 2.24) is 19.7 Å². The van der Waals surface area contributed by atoms with Crippen LogP contribution in [0.2, 0.25) is 0 Å². The predicted molar refractivity (Wildman–Crippen MR) is 96.1 cm³/mol. The molecule has 6 heteroatoms. The van der Waals surface area contributed by atoms with Crippen molar-refractivity contribution in [2.45, 2.75) is 0 Å². The molecule has 4 aromatic rings. The third-order valence-corrected chi connectivity index (χ3v) is 3.92. The maximum Gasteiger partial charge on any atom is 0.273 e. The zero-order valence-electron chi connectivity index (χ0n) is 13.5. The van der Waals surface area contributed by atoms with Gasteiger partial charge in [0.25, 0.3) is 5.91 Å². The van der Waals surface area contributed by atoms with Gasteiger partial charge in [-0.15, -0.1) is 0 Å². The predicted octanol–water partition coefficient (Wildman–Crippen LogP) is 3.28. The van der Waals surface area contributed by atoms with Crippen LogP contribution in [0.15, 0.2) is 67.0 Å². The van der Waals surface area contributed by atoms with Gasteiger partial charge in [0.2, 0.25) is 0 Å². The summed E-state index contributed by atoms with van der Waals surface area (Å²) in [6.07, 6.45) is 3.33. The Kier molecular flexibility index (Phi) is 3.70. The van der Waals surface area contributed by atoms with E-state index in [4.69, 9.17) is 0 Å². The summed E-state index contributed by atoms with van der Waals surface area (Å²) in [6, 6.07) is 17.1. The minimum Gasteiger partial charge on any atom is -0.321 e. The lowest BCUT2D eigenvalue weighted by atomic mass is 10.1. The molecule has 0 radical (unpaired) electrons. The molecule has 0 fully saturated rings. The first kappa shape index (κ1) is 15.0. The Balaban J connectivity index is 1.63. The number of carbonyl (C=O) groups is 1. The van der Waals surface area contributed by atoms with Crippen molar-refractivity contribution >= 4 is 22.6 Å². The molecular formula is C19H15N5O. The van der Waals surface area contributed by atoms with Crippen molar-refractivity contribution in [3.63, 3.8) is 0 Å². The number of anilines is 1. The SMILES string of the molecule is Cn1nccc1C(=O)Nc1ccc2nc(-c3ccccc3)cnc2c1. The molecule has 1 N–H and O–H groups in total. The van der Waals surface area contributed by atoms with Gasteiger partial charge in [0, 0.05) is 24.5 Å². The summed E-state index contributed by atoms with van der Waals surface area (Å²) < 4.78 is 1.53. The molecule has 2 aromatic carbocycles. The van der Waals surface area contributed by atoms with Crippen molar-refractivity contribution in [2.75, 3.05) is 5.32 Å². The lowest BCUT2D eigenvalue weighted by Crippen LogP contribution is -2.16. The van der Waals surface area contributed by atoms with E-state index < -0.39 is 0 Å². The van der Waals surface area contributed by atoms with Gasteiger partial charge in [0.1, 0.15) is 5.69 Å². The average molecular weight is 329 g/mol. The first-order chi connectivity index (χ1) is 12.2. The van der Waals surface area contributed by atoms with Gasteiger partial charge in [-0.05, 0) is 24.3 Å². The van der Waals surface area contributed by atoms with E-state index in [1.807, 2.05) is 48.5 Å². The van der Waals surface area contributed by atoms with Gasteiger partial charge in [0.15, 0.2) is 0 Å². The Bertz CT molecular complexity index is 1060. The highest BCUT2D eigenvalue weighted by atomic mass is 16.2. The monoisotopic (exact) mass is 329 g/mol. The van der Waals surface area contributed by atoms with Gasteiger partial charge in [-0.2, -0.15) is 5.10 Å². The molecule has 1 amide bonds. The topological polar surface area (TPSA) is 72.7 Å². The van der Waals surface area contributed by atoms with Crippen LogP contribution < -0.4 is 5.32 Å². The Morgan fingerprint density at radius 2 is 1.88 bits per heavy atom. The number of amides is 1. The largest absolute Gasteiger partial charge is 0.321 e. The summed E-state index contributed by atoms with van der Waals surface area (Å²) in [4.78, 5) is 21.4. The molecule has 0 bridgehead atoms. The number of rotatable bonds is 3. The Morgan fingerprint density at radius 3 is 2.64 bits per heavy atom. The van der Waals surface area contributed by atoms with Gasteiger partial charge in [-0.25, -0.2) is 4.98 Å². The lowest BCUT2D eigenvalue weighted by Gasteiger charge is -2.07. The van der Waals surface area contributed by atoms with E-state index in [1.165, 1.54) is 4.68 Å². The molecule has 2 heterocycles.